The van der Waals surface area contributed by atoms with Gasteiger partial charge in [-0.3, -0.25) is 4.79 Å². The number of halogens is 4. The summed E-state index contributed by atoms with van der Waals surface area (Å²) >= 11 is 0. The van der Waals surface area contributed by atoms with E-state index in [0.717, 1.165) is 12.8 Å². The Bertz CT molecular complexity index is 878. The number of rotatable bonds is 7. The second-order valence-electron chi connectivity index (χ2n) is 6.17. The molecule has 1 aliphatic rings. The Morgan fingerprint density at radius 2 is 1.78 bits per heavy atom. The maximum Gasteiger partial charge on any atom is 0.203 e. The van der Waals surface area contributed by atoms with E-state index in [-0.39, 0.29) is 17.8 Å². The van der Waals surface area contributed by atoms with E-state index >= 15 is 0 Å². The summed E-state index contributed by atoms with van der Waals surface area (Å²) in [5.74, 6) is -6.97. The molecule has 142 valence electrons. The highest BCUT2D eigenvalue weighted by Crippen LogP contribution is 2.31. The highest BCUT2D eigenvalue weighted by Gasteiger charge is 2.27. The van der Waals surface area contributed by atoms with Gasteiger partial charge in [0, 0.05) is 17.5 Å². The minimum atomic E-state index is -1.61. The zero-order valence-electron chi connectivity index (χ0n) is 14.4. The number of ether oxygens (including phenoxy) is 2. The molecule has 1 aliphatic carbocycles. The Balaban J connectivity index is 1.81. The average molecular weight is 380 g/mol. The molecule has 7 heteroatoms. The van der Waals surface area contributed by atoms with Crippen molar-refractivity contribution in [2.45, 2.75) is 19.4 Å². The molecule has 0 aliphatic heterocycles. The molecule has 1 fully saturated rings. The number of allylic oxidation sites excluding steroid dienone is 1. The van der Waals surface area contributed by atoms with E-state index in [0.29, 0.717) is 16.9 Å². The Morgan fingerprint density at radius 1 is 1.11 bits per heavy atom. The number of carbonyl (C=O) groups is 1. The van der Waals surface area contributed by atoms with Gasteiger partial charge < -0.3 is 9.47 Å². The predicted molar refractivity (Wildman–Crippen MR) is 90.4 cm³/mol. The van der Waals surface area contributed by atoms with Gasteiger partial charge in [0.05, 0.1) is 7.11 Å². The monoisotopic (exact) mass is 380 g/mol. The van der Waals surface area contributed by atoms with Crippen LogP contribution in [0.2, 0.25) is 0 Å². The molecule has 0 heterocycles. The van der Waals surface area contributed by atoms with Crippen LogP contribution in [0.5, 0.6) is 11.5 Å². The Morgan fingerprint density at radius 3 is 2.37 bits per heavy atom. The van der Waals surface area contributed by atoms with Gasteiger partial charge in [0.25, 0.3) is 0 Å². The largest absolute Gasteiger partial charge is 0.496 e. The summed E-state index contributed by atoms with van der Waals surface area (Å²) in [7, 11) is 1.40. The van der Waals surface area contributed by atoms with Gasteiger partial charge in [-0.15, -0.1) is 0 Å². The third kappa shape index (κ3) is 4.30. The summed E-state index contributed by atoms with van der Waals surface area (Å²) in [4.78, 5) is 11.7. The lowest BCUT2D eigenvalue weighted by Gasteiger charge is -2.13. The summed E-state index contributed by atoms with van der Waals surface area (Å²) in [6.45, 7) is -0.391. The van der Waals surface area contributed by atoms with E-state index in [9.17, 15) is 22.4 Å². The van der Waals surface area contributed by atoms with E-state index < -0.39 is 35.6 Å². The van der Waals surface area contributed by atoms with E-state index in [1.54, 1.807) is 24.3 Å². The van der Waals surface area contributed by atoms with Gasteiger partial charge in [0.15, 0.2) is 23.2 Å². The van der Waals surface area contributed by atoms with Crippen LogP contribution in [0.15, 0.2) is 30.3 Å². The summed E-state index contributed by atoms with van der Waals surface area (Å²) < 4.78 is 64.1. The maximum absolute atomic E-state index is 13.7. The first-order valence-corrected chi connectivity index (χ1v) is 8.25. The maximum atomic E-state index is 13.7. The van der Waals surface area contributed by atoms with Gasteiger partial charge in [-0.05, 0) is 36.6 Å². The molecule has 27 heavy (non-hydrogen) atoms. The van der Waals surface area contributed by atoms with Crippen LogP contribution in [0.25, 0.3) is 6.08 Å². The smallest absolute Gasteiger partial charge is 0.203 e. The summed E-state index contributed by atoms with van der Waals surface area (Å²) in [6.07, 6.45) is 4.89. The highest BCUT2D eigenvalue weighted by molar-refractivity contribution is 5.96. The van der Waals surface area contributed by atoms with Crippen molar-refractivity contribution < 1.29 is 31.8 Å². The van der Waals surface area contributed by atoms with E-state index in [1.807, 2.05) is 0 Å². The third-order valence-electron chi connectivity index (χ3n) is 4.17. The lowest BCUT2D eigenvalue weighted by molar-refractivity contribution is -0.115. The van der Waals surface area contributed by atoms with E-state index in [1.165, 1.54) is 13.2 Å². The molecule has 0 unspecified atom stereocenters. The summed E-state index contributed by atoms with van der Waals surface area (Å²) in [5, 5.41) is 0. The predicted octanol–water partition coefficient (Wildman–Crippen LogP) is 4.82. The van der Waals surface area contributed by atoms with Crippen molar-refractivity contribution in [3.63, 3.8) is 0 Å². The SMILES string of the molecule is COc1ccc(/C=C/C(=O)C2CC2)cc1COc1c(F)c(F)cc(F)c1F. The number of ketones is 1. The van der Waals surface area contributed by atoms with Crippen LogP contribution >= 0.6 is 0 Å². The first-order valence-electron chi connectivity index (χ1n) is 8.25. The van der Waals surface area contributed by atoms with Crippen LogP contribution < -0.4 is 9.47 Å². The molecule has 0 bridgehead atoms. The molecule has 3 nitrogen and oxygen atoms in total. The van der Waals surface area contributed by atoms with Crippen molar-refractivity contribution in [1.82, 2.24) is 0 Å². The molecule has 2 aromatic rings. The van der Waals surface area contributed by atoms with E-state index in [2.05, 4.69) is 0 Å². The molecule has 0 aromatic heterocycles. The second-order valence-corrected chi connectivity index (χ2v) is 6.17. The van der Waals surface area contributed by atoms with Gasteiger partial charge in [-0.2, -0.15) is 8.78 Å². The standard InChI is InChI=1S/C20H16F4O3/c1-26-17-7-3-11(2-6-16(25)12-4-5-12)8-13(17)10-27-20-18(23)14(21)9-15(22)19(20)24/h2-3,6-9,12H,4-5,10H2,1H3/b6-2+. The fourth-order valence-electron chi connectivity index (χ4n) is 2.53. The van der Waals surface area contributed by atoms with Crippen LogP contribution in [-0.2, 0) is 11.4 Å². The van der Waals surface area contributed by atoms with Crippen molar-refractivity contribution in [3.8, 4) is 11.5 Å². The van der Waals surface area contributed by atoms with Gasteiger partial charge in [-0.1, -0.05) is 12.1 Å². The molecule has 3 rings (SSSR count). The van der Waals surface area contributed by atoms with Crippen LogP contribution in [0.1, 0.15) is 24.0 Å². The zero-order valence-corrected chi connectivity index (χ0v) is 14.4. The molecule has 0 atom stereocenters. The fourth-order valence-corrected chi connectivity index (χ4v) is 2.53. The second kappa shape index (κ2) is 7.82. The quantitative estimate of drug-likeness (QED) is 0.392. The number of methoxy groups -OCH3 is 1. The number of carbonyl (C=O) groups excluding carboxylic acids is 1. The van der Waals surface area contributed by atoms with Crippen molar-refractivity contribution in [3.05, 3.63) is 64.7 Å². The zero-order chi connectivity index (χ0) is 19.6. The molecule has 0 radical (unpaired) electrons. The highest BCUT2D eigenvalue weighted by atomic mass is 19.2. The van der Waals surface area contributed by atoms with Gasteiger partial charge in [0.1, 0.15) is 12.4 Å². The lowest BCUT2D eigenvalue weighted by Crippen LogP contribution is -2.05. The number of benzene rings is 2. The van der Waals surface area contributed by atoms with E-state index in [4.69, 9.17) is 9.47 Å². The van der Waals surface area contributed by atoms with Crippen molar-refractivity contribution in [2.75, 3.05) is 7.11 Å². The Hall–Kier alpha value is -2.83. The van der Waals surface area contributed by atoms with Gasteiger partial charge >= 0.3 is 0 Å². The van der Waals surface area contributed by atoms with Gasteiger partial charge in [-0.25, -0.2) is 8.78 Å². The molecule has 0 N–H and O–H groups in total. The number of hydrogen-bond donors (Lipinski definition) is 0. The van der Waals surface area contributed by atoms with Crippen LogP contribution in [0.3, 0.4) is 0 Å². The third-order valence-corrected chi connectivity index (χ3v) is 4.17. The molecule has 2 aromatic carbocycles. The van der Waals surface area contributed by atoms with Crippen molar-refractivity contribution >= 4 is 11.9 Å². The minimum absolute atomic E-state index is 0.0444. The molecular weight excluding hydrogens is 364 g/mol. The molecule has 0 amide bonds. The Kier molecular flexibility index (Phi) is 5.48. The minimum Gasteiger partial charge on any atom is -0.496 e. The van der Waals surface area contributed by atoms with Crippen LogP contribution in [-0.4, -0.2) is 12.9 Å². The number of hydrogen-bond acceptors (Lipinski definition) is 3. The van der Waals surface area contributed by atoms with Gasteiger partial charge in [0.2, 0.25) is 11.6 Å². The molecule has 0 saturated heterocycles. The molecular formula is C20H16F4O3. The summed E-state index contributed by atoms with van der Waals surface area (Å²) in [5.41, 5.74) is 1.04. The molecule has 1 saturated carbocycles. The fraction of sp³-hybridized carbons (Fsp3) is 0.250. The van der Waals surface area contributed by atoms with Crippen LogP contribution in [0, 0.1) is 29.2 Å². The first-order chi connectivity index (χ1) is 12.9. The Labute approximate surface area is 153 Å². The average Bonchev–Trinajstić information content (AvgIpc) is 3.50. The normalized spacial score (nSPS) is 13.8. The van der Waals surface area contributed by atoms with Crippen LogP contribution in [0.4, 0.5) is 17.6 Å². The first kappa shape index (κ1) is 18.9. The molecule has 0 spiro atoms. The van der Waals surface area contributed by atoms with Crippen molar-refractivity contribution in [2.24, 2.45) is 5.92 Å². The topological polar surface area (TPSA) is 35.5 Å². The van der Waals surface area contributed by atoms with Crippen molar-refractivity contribution in [1.29, 1.82) is 0 Å². The summed E-state index contributed by atoms with van der Waals surface area (Å²) in [6, 6.07) is 5.00. The lowest BCUT2D eigenvalue weighted by atomic mass is 10.1.